The van der Waals surface area contributed by atoms with Crippen molar-refractivity contribution in [3.63, 3.8) is 0 Å². The molecule has 5 nitrogen and oxygen atoms in total. The van der Waals surface area contributed by atoms with Crippen LogP contribution in [0.25, 0.3) is 0 Å². The summed E-state index contributed by atoms with van der Waals surface area (Å²) >= 11 is 0. The first kappa shape index (κ1) is 14.2. The molecule has 2 atom stereocenters. The Kier molecular flexibility index (Phi) is 4.29. The van der Waals surface area contributed by atoms with E-state index < -0.39 is 0 Å². The number of nitrogens with zero attached hydrogens (tertiary/aromatic N) is 1. The van der Waals surface area contributed by atoms with Gasteiger partial charge < -0.3 is 20.1 Å². The van der Waals surface area contributed by atoms with Gasteiger partial charge in [-0.1, -0.05) is 6.07 Å². The number of carbonyl (C=O) groups excluding carboxylic acids is 1. The topological polar surface area (TPSA) is 64.8 Å². The predicted octanol–water partition coefficient (Wildman–Crippen LogP) is 1.82. The molecule has 1 amide bonds. The standard InChI is InChI=1S/C16H22N2O3/c17-12-3-1-4-13(11-12)20-9-7-16(19)18-8-10-21-15-6-2-5-14(15)18/h1,3-4,11,14-15H,2,5-10,17H2. The summed E-state index contributed by atoms with van der Waals surface area (Å²) in [5.41, 5.74) is 6.36. The van der Waals surface area contributed by atoms with Crippen LogP contribution in [0, 0.1) is 0 Å². The van der Waals surface area contributed by atoms with Gasteiger partial charge >= 0.3 is 0 Å². The number of benzene rings is 1. The lowest BCUT2D eigenvalue weighted by molar-refractivity contribution is -0.144. The van der Waals surface area contributed by atoms with Crippen LogP contribution in [0.3, 0.4) is 0 Å². The third-order valence-corrected chi connectivity index (χ3v) is 4.25. The molecule has 2 fully saturated rings. The molecule has 1 aliphatic carbocycles. The van der Waals surface area contributed by atoms with Crippen molar-refractivity contribution in [3.8, 4) is 5.75 Å². The second-order valence-electron chi connectivity index (χ2n) is 5.67. The molecule has 0 aromatic heterocycles. The van der Waals surface area contributed by atoms with E-state index in [0.717, 1.165) is 19.3 Å². The molecule has 2 unspecified atom stereocenters. The van der Waals surface area contributed by atoms with Gasteiger partial charge in [0.1, 0.15) is 5.75 Å². The van der Waals surface area contributed by atoms with Gasteiger partial charge in [0.25, 0.3) is 0 Å². The molecule has 0 radical (unpaired) electrons. The fraction of sp³-hybridized carbons (Fsp3) is 0.562. The number of hydrogen-bond acceptors (Lipinski definition) is 4. The second kappa shape index (κ2) is 6.35. The van der Waals surface area contributed by atoms with E-state index in [1.807, 2.05) is 23.1 Å². The van der Waals surface area contributed by atoms with Crippen LogP contribution in [0.4, 0.5) is 5.69 Å². The Hall–Kier alpha value is -1.75. The van der Waals surface area contributed by atoms with Crippen molar-refractivity contribution >= 4 is 11.6 Å². The van der Waals surface area contributed by atoms with Crippen LogP contribution < -0.4 is 10.5 Å². The van der Waals surface area contributed by atoms with Crippen LogP contribution in [-0.4, -0.2) is 42.7 Å². The molecule has 2 aliphatic rings. The maximum Gasteiger partial charge on any atom is 0.226 e. The fourth-order valence-corrected chi connectivity index (χ4v) is 3.24. The van der Waals surface area contributed by atoms with Gasteiger partial charge in [-0.15, -0.1) is 0 Å². The highest BCUT2D eigenvalue weighted by atomic mass is 16.5. The number of nitrogen functional groups attached to an aromatic ring is 1. The number of amides is 1. The number of carbonyl (C=O) groups is 1. The van der Waals surface area contributed by atoms with Gasteiger partial charge in [0.05, 0.1) is 31.8 Å². The number of nitrogens with two attached hydrogens (primary N) is 1. The molecule has 1 heterocycles. The molecule has 5 heteroatoms. The zero-order valence-corrected chi connectivity index (χ0v) is 12.2. The summed E-state index contributed by atoms with van der Waals surface area (Å²) < 4.78 is 11.3. The van der Waals surface area contributed by atoms with E-state index >= 15 is 0 Å². The number of anilines is 1. The number of hydrogen-bond donors (Lipinski definition) is 1. The van der Waals surface area contributed by atoms with E-state index in [1.54, 1.807) is 6.07 Å². The van der Waals surface area contributed by atoms with Gasteiger partial charge in [-0.25, -0.2) is 0 Å². The third kappa shape index (κ3) is 3.29. The molecule has 3 rings (SSSR count). The molecular formula is C16H22N2O3. The Morgan fingerprint density at radius 3 is 3.19 bits per heavy atom. The zero-order valence-electron chi connectivity index (χ0n) is 12.2. The Morgan fingerprint density at radius 1 is 1.43 bits per heavy atom. The highest BCUT2D eigenvalue weighted by Gasteiger charge is 2.37. The predicted molar refractivity (Wildman–Crippen MR) is 80.1 cm³/mol. The summed E-state index contributed by atoms with van der Waals surface area (Å²) in [6.45, 7) is 1.75. The normalized spacial score (nSPS) is 24.7. The van der Waals surface area contributed by atoms with Gasteiger partial charge in [0, 0.05) is 18.3 Å². The lowest BCUT2D eigenvalue weighted by Gasteiger charge is -2.37. The average Bonchev–Trinajstić information content (AvgIpc) is 2.95. The molecular weight excluding hydrogens is 268 g/mol. The summed E-state index contributed by atoms with van der Waals surface area (Å²) in [5, 5.41) is 0. The first-order chi connectivity index (χ1) is 10.2. The molecule has 1 saturated heterocycles. The molecule has 114 valence electrons. The van der Waals surface area contributed by atoms with Crippen LogP contribution >= 0.6 is 0 Å². The Labute approximate surface area is 125 Å². The SMILES string of the molecule is Nc1cccc(OCCC(=O)N2CCOC3CCCC32)c1. The minimum absolute atomic E-state index is 0.166. The van der Waals surface area contributed by atoms with Crippen molar-refractivity contribution in [1.29, 1.82) is 0 Å². The van der Waals surface area contributed by atoms with Crippen molar-refractivity contribution in [2.24, 2.45) is 0 Å². The summed E-state index contributed by atoms with van der Waals surface area (Å²) in [7, 11) is 0. The van der Waals surface area contributed by atoms with Crippen molar-refractivity contribution in [3.05, 3.63) is 24.3 Å². The van der Waals surface area contributed by atoms with Crippen LogP contribution in [0.5, 0.6) is 5.75 Å². The highest BCUT2D eigenvalue weighted by Crippen LogP contribution is 2.30. The van der Waals surface area contributed by atoms with Crippen LogP contribution in [0.1, 0.15) is 25.7 Å². The Bertz CT molecular complexity index is 506. The number of rotatable bonds is 4. The molecule has 1 aromatic carbocycles. The zero-order chi connectivity index (χ0) is 14.7. The lowest BCUT2D eigenvalue weighted by atomic mass is 10.1. The van der Waals surface area contributed by atoms with Gasteiger partial charge in [-0.05, 0) is 31.4 Å². The van der Waals surface area contributed by atoms with Gasteiger partial charge in [-0.2, -0.15) is 0 Å². The van der Waals surface area contributed by atoms with Gasteiger partial charge in [0.15, 0.2) is 0 Å². The fourth-order valence-electron chi connectivity index (χ4n) is 3.24. The quantitative estimate of drug-likeness (QED) is 0.859. The Balaban J connectivity index is 1.50. The van der Waals surface area contributed by atoms with E-state index in [1.165, 1.54) is 0 Å². The summed E-state index contributed by atoms with van der Waals surface area (Å²) in [6.07, 6.45) is 3.94. The molecule has 1 saturated carbocycles. The molecule has 21 heavy (non-hydrogen) atoms. The molecule has 1 aromatic rings. The maximum atomic E-state index is 12.4. The largest absolute Gasteiger partial charge is 0.493 e. The van der Waals surface area contributed by atoms with Crippen molar-refractivity contribution in [2.75, 3.05) is 25.5 Å². The first-order valence-corrected chi connectivity index (χ1v) is 7.63. The van der Waals surface area contributed by atoms with Crippen LogP contribution in [-0.2, 0) is 9.53 Å². The monoisotopic (exact) mass is 290 g/mol. The Morgan fingerprint density at radius 2 is 2.33 bits per heavy atom. The van der Waals surface area contributed by atoms with Crippen molar-refractivity contribution in [1.82, 2.24) is 4.90 Å². The van der Waals surface area contributed by atoms with Crippen molar-refractivity contribution < 1.29 is 14.3 Å². The van der Waals surface area contributed by atoms with E-state index in [2.05, 4.69) is 0 Å². The van der Waals surface area contributed by atoms with E-state index in [9.17, 15) is 4.79 Å². The smallest absolute Gasteiger partial charge is 0.226 e. The minimum Gasteiger partial charge on any atom is -0.493 e. The van der Waals surface area contributed by atoms with Crippen LogP contribution in [0.15, 0.2) is 24.3 Å². The maximum absolute atomic E-state index is 12.4. The van der Waals surface area contributed by atoms with Crippen LogP contribution in [0.2, 0.25) is 0 Å². The highest BCUT2D eigenvalue weighted by molar-refractivity contribution is 5.77. The van der Waals surface area contributed by atoms with E-state index in [-0.39, 0.29) is 18.1 Å². The minimum atomic E-state index is 0.166. The lowest BCUT2D eigenvalue weighted by Crippen LogP contribution is -2.51. The number of fused-ring (bicyclic) bond motifs is 1. The number of ether oxygens (including phenoxy) is 2. The van der Waals surface area contributed by atoms with Gasteiger partial charge in [-0.3, -0.25) is 4.79 Å². The molecule has 1 aliphatic heterocycles. The van der Waals surface area contributed by atoms with E-state index in [0.29, 0.717) is 37.6 Å². The summed E-state index contributed by atoms with van der Waals surface area (Å²) in [4.78, 5) is 14.4. The molecule has 2 N–H and O–H groups in total. The second-order valence-corrected chi connectivity index (χ2v) is 5.67. The number of morpholine rings is 1. The van der Waals surface area contributed by atoms with E-state index in [4.69, 9.17) is 15.2 Å². The van der Waals surface area contributed by atoms with Crippen molar-refractivity contribution in [2.45, 2.75) is 37.8 Å². The molecule has 0 spiro atoms. The average molecular weight is 290 g/mol. The summed E-state index contributed by atoms with van der Waals surface area (Å²) in [5.74, 6) is 0.877. The summed E-state index contributed by atoms with van der Waals surface area (Å²) in [6, 6.07) is 7.55. The molecule has 0 bridgehead atoms. The third-order valence-electron chi connectivity index (χ3n) is 4.25. The first-order valence-electron chi connectivity index (χ1n) is 7.63. The van der Waals surface area contributed by atoms with Gasteiger partial charge in [0.2, 0.25) is 5.91 Å².